The Labute approximate surface area is 139 Å². The fourth-order valence-electron chi connectivity index (χ4n) is 2.34. The second-order valence-electron chi connectivity index (χ2n) is 5.40. The van der Waals surface area contributed by atoms with Gasteiger partial charge >= 0.3 is 0 Å². The molecular weight excluding hydrogens is 316 g/mol. The van der Waals surface area contributed by atoms with Gasteiger partial charge in [0.05, 0.1) is 11.0 Å². The van der Waals surface area contributed by atoms with Gasteiger partial charge in [-0.1, -0.05) is 23.7 Å². The van der Waals surface area contributed by atoms with Crippen molar-refractivity contribution in [2.24, 2.45) is 0 Å². The van der Waals surface area contributed by atoms with Crippen molar-refractivity contribution in [3.8, 4) is 0 Å². The van der Waals surface area contributed by atoms with E-state index < -0.39 is 4.92 Å². The fourth-order valence-corrected chi connectivity index (χ4v) is 2.46. The highest BCUT2D eigenvalue weighted by Crippen LogP contribution is 2.24. The average molecular weight is 333 g/mol. The van der Waals surface area contributed by atoms with Crippen molar-refractivity contribution < 1.29 is 9.72 Å². The summed E-state index contributed by atoms with van der Waals surface area (Å²) in [5, 5.41) is 11.5. The van der Waals surface area contributed by atoms with Gasteiger partial charge in [-0.15, -0.1) is 0 Å². The van der Waals surface area contributed by atoms with Gasteiger partial charge in [-0.2, -0.15) is 0 Å². The molecule has 2 rings (SSSR count). The Morgan fingerprint density at radius 1 is 1.22 bits per heavy atom. The SMILES string of the molecule is Cc1cc(C(=O)N(C)C(C)c2ccc(Cl)cc2)ccc1[N+](=O)[O-]. The molecule has 0 N–H and O–H groups in total. The minimum Gasteiger partial charge on any atom is -0.335 e. The molecule has 0 saturated heterocycles. The van der Waals surface area contributed by atoms with Crippen LogP contribution in [0.2, 0.25) is 5.02 Å². The van der Waals surface area contributed by atoms with Crippen molar-refractivity contribution in [2.75, 3.05) is 7.05 Å². The predicted octanol–water partition coefficient (Wildman–Crippen LogP) is 4.39. The van der Waals surface area contributed by atoms with E-state index in [0.717, 1.165) is 5.56 Å². The van der Waals surface area contributed by atoms with Crippen molar-refractivity contribution in [2.45, 2.75) is 19.9 Å². The summed E-state index contributed by atoms with van der Waals surface area (Å²) in [6.07, 6.45) is 0. The molecule has 1 atom stereocenters. The van der Waals surface area contributed by atoms with E-state index in [1.54, 1.807) is 37.1 Å². The van der Waals surface area contributed by atoms with E-state index in [2.05, 4.69) is 0 Å². The first kappa shape index (κ1) is 17.0. The van der Waals surface area contributed by atoms with Crippen LogP contribution in [0.4, 0.5) is 5.69 Å². The summed E-state index contributed by atoms with van der Waals surface area (Å²) in [5.41, 5.74) is 1.86. The molecule has 0 spiro atoms. The van der Waals surface area contributed by atoms with Crippen LogP contribution in [-0.2, 0) is 0 Å². The highest BCUT2D eigenvalue weighted by Gasteiger charge is 2.21. The van der Waals surface area contributed by atoms with E-state index in [0.29, 0.717) is 16.1 Å². The Bertz CT molecular complexity index is 744. The second kappa shape index (κ2) is 6.79. The van der Waals surface area contributed by atoms with E-state index in [9.17, 15) is 14.9 Å². The number of nitro groups is 1. The van der Waals surface area contributed by atoms with Gasteiger partial charge < -0.3 is 4.90 Å². The summed E-state index contributed by atoms with van der Waals surface area (Å²) in [6.45, 7) is 3.54. The van der Waals surface area contributed by atoms with E-state index >= 15 is 0 Å². The standard InChI is InChI=1S/C17H17ClN2O3/c1-11-10-14(6-9-16(11)20(22)23)17(21)19(3)12(2)13-4-7-15(18)8-5-13/h4-10,12H,1-3H3. The first-order chi connectivity index (χ1) is 10.8. The third-order valence-electron chi connectivity index (χ3n) is 3.89. The number of rotatable bonds is 4. The highest BCUT2D eigenvalue weighted by molar-refractivity contribution is 6.30. The topological polar surface area (TPSA) is 63.5 Å². The van der Waals surface area contributed by atoms with E-state index in [-0.39, 0.29) is 17.6 Å². The molecule has 0 aliphatic rings. The lowest BCUT2D eigenvalue weighted by Crippen LogP contribution is -2.29. The van der Waals surface area contributed by atoms with Gasteiger partial charge in [-0.05, 0) is 43.7 Å². The Morgan fingerprint density at radius 3 is 2.35 bits per heavy atom. The van der Waals surface area contributed by atoms with Gasteiger partial charge in [-0.3, -0.25) is 14.9 Å². The van der Waals surface area contributed by atoms with Gasteiger partial charge in [0.25, 0.3) is 11.6 Å². The third kappa shape index (κ3) is 3.68. The molecule has 0 fully saturated rings. The molecule has 0 aromatic heterocycles. The minimum atomic E-state index is -0.455. The molecule has 0 bridgehead atoms. The quantitative estimate of drug-likeness (QED) is 0.616. The smallest absolute Gasteiger partial charge is 0.272 e. The van der Waals surface area contributed by atoms with Crippen LogP contribution in [0.5, 0.6) is 0 Å². The number of nitro benzene ring substituents is 1. The Kier molecular flexibility index (Phi) is 5.01. The first-order valence-corrected chi connectivity index (χ1v) is 7.46. The molecule has 6 heteroatoms. The maximum absolute atomic E-state index is 12.6. The predicted molar refractivity (Wildman–Crippen MR) is 89.8 cm³/mol. The molecular formula is C17H17ClN2O3. The third-order valence-corrected chi connectivity index (χ3v) is 4.15. The van der Waals surface area contributed by atoms with Gasteiger partial charge in [0.15, 0.2) is 0 Å². The molecule has 0 saturated carbocycles. The fraction of sp³-hybridized carbons (Fsp3) is 0.235. The molecule has 0 aliphatic carbocycles. The molecule has 1 unspecified atom stereocenters. The lowest BCUT2D eigenvalue weighted by atomic mass is 10.0. The summed E-state index contributed by atoms with van der Waals surface area (Å²) in [7, 11) is 1.71. The maximum Gasteiger partial charge on any atom is 0.272 e. The van der Waals surface area contributed by atoms with E-state index in [1.807, 2.05) is 19.1 Å². The van der Waals surface area contributed by atoms with Crippen molar-refractivity contribution in [1.29, 1.82) is 0 Å². The normalized spacial score (nSPS) is 11.8. The number of carbonyl (C=O) groups excluding carboxylic acids is 1. The second-order valence-corrected chi connectivity index (χ2v) is 5.84. The van der Waals surface area contributed by atoms with Crippen LogP contribution < -0.4 is 0 Å². The number of amides is 1. The van der Waals surface area contributed by atoms with Crippen molar-refractivity contribution in [1.82, 2.24) is 4.90 Å². The largest absolute Gasteiger partial charge is 0.335 e. The van der Waals surface area contributed by atoms with Crippen LogP contribution in [0.3, 0.4) is 0 Å². The first-order valence-electron chi connectivity index (χ1n) is 7.09. The summed E-state index contributed by atoms with van der Waals surface area (Å²) in [5.74, 6) is -0.189. The van der Waals surface area contributed by atoms with Crippen molar-refractivity contribution >= 4 is 23.2 Å². The molecule has 1 amide bonds. The molecule has 2 aromatic carbocycles. The van der Waals surface area contributed by atoms with Crippen LogP contribution in [0.25, 0.3) is 0 Å². The molecule has 5 nitrogen and oxygen atoms in total. The number of hydrogen-bond acceptors (Lipinski definition) is 3. The van der Waals surface area contributed by atoms with Crippen molar-refractivity contribution in [3.63, 3.8) is 0 Å². The molecule has 0 radical (unpaired) electrons. The zero-order chi connectivity index (χ0) is 17.1. The zero-order valence-corrected chi connectivity index (χ0v) is 13.9. The van der Waals surface area contributed by atoms with Gasteiger partial charge in [-0.25, -0.2) is 0 Å². The number of hydrogen-bond donors (Lipinski definition) is 0. The van der Waals surface area contributed by atoms with E-state index in [4.69, 9.17) is 11.6 Å². The minimum absolute atomic E-state index is 0.00922. The summed E-state index contributed by atoms with van der Waals surface area (Å²) < 4.78 is 0. The van der Waals surface area contributed by atoms with Crippen LogP contribution in [0.15, 0.2) is 42.5 Å². The van der Waals surface area contributed by atoms with Crippen molar-refractivity contribution in [3.05, 3.63) is 74.3 Å². The maximum atomic E-state index is 12.6. The average Bonchev–Trinajstić information content (AvgIpc) is 2.53. The number of carbonyl (C=O) groups is 1. The Hall–Kier alpha value is -2.40. The van der Waals surface area contributed by atoms with Gasteiger partial charge in [0, 0.05) is 29.3 Å². The van der Waals surface area contributed by atoms with Crippen LogP contribution in [0.1, 0.15) is 34.5 Å². The van der Waals surface area contributed by atoms with Gasteiger partial charge in [0.2, 0.25) is 0 Å². The molecule has 0 heterocycles. The Balaban J connectivity index is 2.23. The van der Waals surface area contributed by atoms with E-state index in [1.165, 1.54) is 12.1 Å². The van der Waals surface area contributed by atoms with Crippen LogP contribution in [0, 0.1) is 17.0 Å². The molecule has 2 aromatic rings. The molecule has 0 aliphatic heterocycles. The Morgan fingerprint density at radius 2 is 1.83 bits per heavy atom. The molecule has 120 valence electrons. The highest BCUT2D eigenvalue weighted by atomic mass is 35.5. The zero-order valence-electron chi connectivity index (χ0n) is 13.1. The number of nitrogens with zero attached hydrogens (tertiary/aromatic N) is 2. The summed E-state index contributed by atoms with van der Waals surface area (Å²) in [6, 6.07) is 11.6. The lowest BCUT2D eigenvalue weighted by molar-refractivity contribution is -0.385. The number of aryl methyl sites for hydroxylation is 1. The van der Waals surface area contributed by atoms with Gasteiger partial charge in [0.1, 0.15) is 0 Å². The van der Waals surface area contributed by atoms with Crippen LogP contribution >= 0.6 is 11.6 Å². The number of halogens is 1. The lowest BCUT2D eigenvalue weighted by Gasteiger charge is -2.25. The van der Waals surface area contributed by atoms with Crippen LogP contribution in [-0.4, -0.2) is 22.8 Å². The molecule has 23 heavy (non-hydrogen) atoms. The number of benzene rings is 2. The summed E-state index contributed by atoms with van der Waals surface area (Å²) >= 11 is 5.88. The monoisotopic (exact) mass is 332 g/mol. The summed E-state index contributed by atoms with van der Waals surface area (Å²) in [4.78, 5) is 24.6.